The Kier molecular flexibility index (Phi) is 6.38. The number of benzene rings is 1. The van der Waals surface area contributed by atoms with Crippen LogP contribution in [0.1, 0.15) is 24.2 Å². The summed E-state index contributed by atoms with van der Waals surface area (Å²) in [5.41, 5.74) is -3.06. The van der Waals surface area contributed by atoms with Gasteiger partial charge in [-0.3, -0.25) is 14.6 Å². The Morgan fingerprint density at radius 1 is 1.19 bits per heavy atom. The van der Waals surface area contributed by atoms with E-state index in [-0.39, 0.29) is 11.4 Å². The largest absolute Gasteiger partial charge is 0.411 e. The first-order valence-corrected chi connectivity index (χ1v) is 9.66. The Bertz CT molecular complexity index is 1160. The minimum atomic E-state index is -4.96. The second kappa shape index (κ2) is 8.71. The molecule has 2 N–H and O–H groups in total. The summed E-state index contributed by atoms with van der Waals surface area (Å²) >= 11 is 5.90. The highest BCUT2D eigenvalue weighted by atomic mass is 35.5. The number of aromatic nitrogens is 3. The van der Waals surface area contributed by atoms with E-state index >= 15 is 0 Å². The summed E-state index contributed by atoms with van der Waals surface area (Å²) in [5.74, 6) is -1.31. The fraction of sp³-hybridized carbons (Fsp3) is 0.238. The van der Waals surface area contributed by atoms with E-state index in [4.69, 9.17) is 11.6 Å². The predicted molar refractivity (Wildman–Crippen MR) is 112 cm³/mol. The van der Waals surface area contributed by atoms with E-state index in [1.165, 1.54) is 24.5 Å². The molecule has 0 aliphatic rings. The molecule has 168 valence electrons. The van der Waals surface area contributed by atoms with Gasteiger partial charge in [0.1, 0.15) is 5.56 Å². The predicted octanol–water partition coefficient (Wildman–Crippen LogP) is 3.38. The quantitative estimate of drug-likeness (QED) is 0.601. The number of carbonyl (C=O) groups excluding carboxylic acids is 1. The Hall–Kier alpha value is -3.24. The summed E-state index contributed by atoms with van der Waals surface area (Å²) in [6.07, 6.45) is -2.18. The SMILES string of the molecule is CC(C)(O)[C@H](NC(=O)c1cc(-c2ccc(Cl)cc2)nn(-c2cccnc2)c1=O)C(F)(F)F. The van der Waals surface area contributed by atoms with E-state index in [9.17, 15) is 27.9 Å². The zero-order valence-electron chi connectivity index (χ0n) is 16.9. The van der Waals surface area contributed by atoms with Crippen molar-refractivity contribution in [3.63, 3.8) is 0 Å². The van der Waals surface area contributed by atoms with Gasteiger partial charge in [0.15, 0.2) is 6.04 Å². The van der Waals surface area contributed by atoms with Crippen LogP contribution in [0.5, 0.6) is 0 Å². The second-order valence-corrected chi connectivity index (χ2v) is 7.92. The summed E-state index contributed by atoms with van der Waals surface area (Å²) in [6.45, 7) is 1.82. The van der Waals surface area contributed by atoms with Crippen LogP contribution in [-0.2, 0) is 0 Å². The van der Waals surface area contributed by atoms with Crippen LogP contribution >= 0.6 is 11.6 Å². The number of nitrogens with one attached hydrogen (secondary N) is 1. The molecular formula is C21H18ClF3N4O3. The number of carbonyl (C=O) groups is 1. The number of pyridine rings is 1. The highest BCUT2D eigenvalue weighted by Gasteiger charge is 2.49. The normalized spacial score (nSPS) is 13.0. The molecule has 1 aromatic carbocycles. The number of aliphatic hydroxyl groups is 1. The number of amides is 1. The van der Waals surface area contributed by atoms with Crippen molar-refractivity contribution in [2.45, 2.75) is 31.7 Å². The highest BCUT2D eigenvalue weighted by molar-refractivity contribution is 6.30. The molecule has 0 spiro atoms. The number of hydrogen-bond donors (Lipinski definition) is 2. The van der Waals surface area contributed by atoms with Gasteiger partial charge in [0.25, 0.3) is 11.5 Å². The molecule has 1 atom stereocenters. The molecule has 0 bridgehead atoms. The lowest BCUT2D eigenvalue weighted by atomic mass is 9.98. The van der Waals surface area contributed by atoms with Gasteiger partial charge >= 0.3 is 6.18 Å². The highest BCUT2D eigenvalue weighted by Crippen LogP contribution is 2.28. The molecule has 2 heterocycles. The third kappa shape index (κ3) is 5.14. The average Bonchev–Trinajstić information content (AvgIpc) is 2.71. The van der Waals surface area contributed by atoms with Gasteiger partial charge in [-0.25, -0.2) is 0 Å². The Morgan fingerprint density at radius 3 is 2.38 bits per heavy atom. The molecule has 11 heteroatoms. The van der Waals surface area contributed by atoms with Crippen molar-refractivity contribution < 1.29 is 23.1 Å². The molecule has 0 aliphatic heterocycles. The number of rotatable bonds is 5. The second-order valence-electron chi connectivity index (χ2n) is 7.48. The first-order chi connectivity index (χ1) is 14.9. The minimum absolute atomic E-state index is 0.141. The summed E-state index contributed by atoms with van der Waals surface area (Å²) in [4.78, 5) is 29.7. The summed E-state index contributed by atoms with van der Waals surface area (Å²) < 4.78 is 41.2. The third-order valence-corrected chi connectivity index (χ3v) is 4.75. The van der Waals surface area contributed by atoms with Crippen molar-refractivity contribution in [2.24, 2.45) is 0 Å². The lowest BCUT2D eigenvalue weighted by Gasteiger charge is -2.31. The summed E-state index contributed by atoms with van der Waals surface area (Å²) in [5, 5.41) is 16.3. The standard InChI is InChI=1S/C21H18ClF3N4O3/c1-20(2,32)19(21(23,24)25)27-17(30)15-10-16(12-5-7-13(22)8-6-12)28-29(18(15)31)14-4-3-9-26-11-14/h3-11,19,32H,1-2H3,(H,27,30)/t19-/m0/s1. The maximum atomic E-state index is 13.4. The van der Waals surface area contributed by atoms with Crippen LogP contribution in [0.3, 0.4) is 0 Å². The fourth-order valence-electron chi connectivity index (χ4n) is 2.94. The van der Waals surface area contributed by atoms with E-state index in [1.54, 1.807) is 29.6 Å². The van der Waals surface area contributed by atoms with Crippen LogP contribution < -0.4 is 10.9 Å². The average molecular weight is 467 g/mol. The lowest BCUT2D eigenvalue weighted by molar-refractivity contribution is -0.192. The topological polar surface area (TPSA) is 97.1 Å². The summed E-state index contributed by atoms with van der Waals surface area (Å²) in [7, 11) is 0. The molecule has 0 aliphatic carbocycles. The van der Waals surface area contributed by atoms with E-state index in [1.807, 2.05) is 0 Å². The third-order valence-electron chi connectivity index (χ3n) is 4.50. The van der Waals surface area contributed by atoms with Gasteiger partial charge in [-0.1, -0.05) is 23.7 Å². The minimum Gasteiger partial charge on any atom is -0.388 e. The number of halogens is 4. The Labute approximate surface area is 185 Å². The molecule has 0 fully saturated rings. The van der Waals surface area contributed by atoms with Crippen molar-refractivity contribution in [3.05, 3.63) is 75.8 Å². The zero-order valence-corrected chi connectivity index (χ0v) is 17.6. The molecule has 0 saturated carbocycles. The van der Waals surface area contributed by atoms with Crippen LogP contribution in [0.15, 0.2) is 59.7 Å². The van der Waals surface area contributed by atoms with Crippen LogP contribution in [-0.4, -0.2) is 43.6 Å². The maximum Gasteiger partial charge on any atom is 0.411 e. The number of nitrogens with zero attached hydrogens (tertiary/aromatic N) is 3. The van der Waals surface area contributed by atoms with Crippen LogP contribution in [0.2, 0.25) is 5.02 Å². The first-order valence-electron chi connectivity index (χ1n) is 9.28. The molecule has 3 rings (SSSR count). The van der Waals surface area contributed by atoms with Gasteiger partial charge in [0, 0.05) is 16.8 Å². The number of hydrogen-bond acceptors (Lipinski definition) is 5. The first kappa shape index (κ1) is 23.4. The molecule has 0 saturated heterocycles. The van der Waals surface area contributed by atoms with Crippen molar-refractivity contribution in [2.75, 3.05) is 0 Å². The Morgan fingerprint density at radius 2 is 1.84 bits per heavy atom. The van der Waals surface area contributed by atoms with Crippen molar-refractivity contribution >= 4 is 17.5 Å². The van der Waals surface area contributed by atoms with E-state index in [2.05, 4.69) is 10.1 Å². The monoisotopic (exact) mass is 466 g/mol. The van der Waals surface area contributed by atoms with E-state index < -0.39 is 34.8 Å². The smallest absolute Gasteiger partial charge is 0.388 e. The molecule has 0 radical (unpaired) electrons. The fourth-order valence-corrected chi connectivity index (χ4v) is 3.07. The molecule has 3 aromatic rings. The summed E-state index contributed by atoms with van der Waals surface area (Å²) in [6, 6.07) is 7.81. The van der Waals surface area contributed by atoms with Crippen LogP contribution in [0.25, 0.3) is 16.9 Å². The molecule has 1 amide bonds. The lowest BCUT2D eigenvalue weighted by Crippen LogP contribution is -2.58. The molecule has 2 aromatic heterocycles. The Balaban J connectivity index is 2.16. The van der Waals surface area contributed by atoms with Gasteiger partial charge in [0.2, 0.25) is 0 Å². The van der Waals surface area contributed by atoms with Crippen molar-refractivity contribution in [1.29, 1.82) is 0 Å². The molecule has 0 unspecified atom stereocenters. The van der Waals surface area contributed by atoms with Gasteiger partial charge < -0.3 is 10.4 Å². The van der Waals surface area contributed by atoms with E-state index in [0.29, 0.717) is 10.6 Å². The zero-order chi connectivity index (χ0) is 23.7. The van der Waals surface area contributed by atoms with Crippen molar-refractivity contribution in [3.8, 4) is 16.9 Å². The molecule has 7 nitrogen and oxygen atoms in total. The molecule has 32 heavy (non-hydrogen) atoms. The van der Waals surface area contributed by atoms with Gasteiger partial charge in [-0.2, -0.15) is 23.0 Å². The van der Waals surface area contributed by atoms with Gasteiger partial charge in [0.05, 0.1) is 23.2 Å². The van der Waals surface area contributed by atoms with Crippen molar-refractivity contribution in [1.82, 2.24) is 20.1 Å². The van der Waals surface area contributed by atoms with Gasteiger partial charge in [-0.15, -0.1) is 0 Å². The number of alkyl halides is 3. The van der Waals surface area contributed by atoms with Gasteiger partial charge in [-0.05, 0) is 44.2 Å². The maximum absolute atomic E-state index is 13.4. The van der Waals surface area contributed by atoms with Crippen LogP contribution in [0.4, 0.5) is 13.2 Å². The van der Waals surface area contributed by atoms with Crippen LogP contribution in [0, 0.1) is 0 Å². The molecular weight excluding hydrogens is 449 g/mol. The van der Waals surface area contributed by atoms with E-state index in [0.717, 1.165) is 24.6 Å².